The highest BCUT2D eigenvalue weighted by molar-refractivity contribution is 6.37. The predicted octanol–water partition coefficient (Wildman–Crippen LogP) is 6.76. The fraction of sp³-hybridized carbons (Fsp3) is 0.407. The maximum atomic E-state index is 12.5. The van der Waals surface area contributed by atoms with Crippen molar-refractivity contribution >= 4 is 51.8 Å². The van der Waals surface area contributed by atoms with Crippen LogP contribution in [0.5, 0.6) is 5.75 Å². The summed E-state index contributed by atoms with van der Waals surface area (Å²) < 4.78 is 5.37. The Hall–Kier alpha value is -3.10. The number of alkyl carbamates (subject to hydrolysis) is 1. The molecule has 4 rings (SSSR count). The van der Waals surface area contributed by atoms with Gasteiger partial charge in [-0.25, -0.2) is 9.78 Å². The second-order valence-electron chi connectivity index (χ2n) is 10.3. The molecule has 10 heteroatoms. The molecule has 0 radical (unpaired) electrons. The van der Waals surface area contributed by atoms with Crippen LogP contribution >= 0.6 is 23.2 Å². The molecule has 196 valence electrons. The Kier molecular flexibility index (Phi) is 7.80. The van der Waals surface area contributed by atoms with E-state index >= 15 is 0 Å². The van der Waals surface area contributed by atoms with E-state index in [1.54, 1.807) is 24.4 Å². The molecule has 1 aliphatic carbocycles. The lowest BCUT2D eigenvalue weighted by atomic mass is 9.90. The summed E-state index contributed by atoms with van der Waals surface area (Å²) in [5.74, 6) is -0.312. The number of rotatable bonds is 5. The third-order valence-electron chi connectivity index (χ3n) is 6.20. The molecule has 1 amide bonds. The highest BCUT2D eigenvalue weighted by atomic mass is 35.5. The summed E-state index contributed by atoms with van der Waals surface area (Å²) in [5, 5.41) is 16.6. The highest BCUT2D eigenvalue weighted by Crippen LogP contribution is 2.37. The van der Waals surface area contributed by atoms with Gasteiger partial charge in [-0.05, 0) is 77.6 Å². The van der Waals surface area contributed by atoms with Gasteiger partial charge in [0.25, 0.3) is 0 Å². The predicted molar refractivity (Wildman–Crippen MR) is 146 cm³/mol. The normalized spacial score (nSPS) is 17.9. The van der Waals surface area contributed by atoms with E-state index in [0.29, 0.717) is 33.5 Å². The number of benzene rings is 1. The minimum atomic E-state index is -0.545. The molecule has 0 unspecified atom stereocenters. The Morgan fingerprint density at radius 3 is 2.27 bits per heavy atom. The van der Waals surface area contributed by atoms with Crippen LogP contribution in [-0.2, 0) is 4.74 Å². The minimum absolute atomic E-state index is 0.0306. The smallest absolute Gasteiger partial charge is 0.407 e. The lowest BCUT2D eigenvalue weighted by molar-refractivity contribution is 0.0492. The number of hydrogen-bond acceptors (Lipinski definition) is 7. The second kappa shape index (κ2) is 10.7. The summed E-state index contributed by atoms with van der Waals surface area (Å²) in [6.45, 7) is 7.01. The summed E-state index contributed by atoms with van der Waals surface area (Å²) in [6, 6.07) is 6.91. The zero-order chi connectivity index (χ0) is 26.9. The molecule has 37 heavy (non-hydrogen) atoms. The average molecular weight is 545 g/mol. The summed E-state index contributed by atoms with van der Waals surface area (Å²) in [4.78, 5) is 33.9. The van der Waals surface area contributed by atoms with Crippen LogP contribution in [0.4, 0.5) is 10.5 Å². The van der Waals surface area contributed by atoms with Gasteiger partial charge in [-0.1, -0.05) is 23.2 Å². The number of amides is 1. The van der Waals surface area contributed by atoms with Gasteiger partial charge in [0.1, 0.15) is 11.1 Å². The summed E-state index contributed by atoms with van der Waals surface area (Å²) in [6.07, 6.45) is 4.30. The minimum Gasteiger partial charge on any atom is -0.505 e. The Morgan fingerprint density at radius 2 is 1.68 bits per heavy atom. The Morgan fingerprint density at radius 1 is 1.05 bits per heavy atom. The maximum absolute atomic E-state index is 12.5. The SMILES string of the molecule is CC(=O)c1cnc2ccc(-c3cc(Cl)c(O)c(Cl)c3)nc2c1NC1CCC(NC(=O)OC(C)(C)C)CC1. The van der Waals surface area contributed by atoms with E-state index in [-0.39, 0.29) is 33.7 Å². The standard InChI is InChI=1S/C27H30Cl2N4O4/c1-14(34)18-13-30-22-10-9-21(15-11-19(28)25(35)20(29)12-15)33-24(22)23(18)31-16-5-7-17(8-6-16)32-26(36)37-27(2,3)4/h9-13,16-17,35H,5-8H2,1-4H3,(H,30,31)(H,32,36). The first kappa shape index (κ1) is 26.9. The van der Waals surface area contributed by atoms with Crippen molar-refractivity contribution in [3.8, 4) is 17.0 Å². The fourth-order valence-corrected chi connectivity index (χ4v) is 4.90. The van der Waals surface area contributed by atoms with E-state index in [0.717, 1.165) is 25.7 Å². The number of anilines is 1. The summed E-state index contributed by atoms with van der Waals surface area (Å²) in [5.41, 5.74) is 2.92. The number of ether oxygens (including phenoxy) is 1. The van der Waals surface area contributed by atoms with Gasteiger partial charge in [0.15, 0.2) is 11.5 Å². The largest absolute Gasteiger partial charge is 0.505 e. The van der Waals surface area contributed by atoms with E-state index in [4.69, 9.17) is 32.9 Å². The number of fused-ring (bicyclic) bond motifs is 1. The molecule has 1 aliphatic rings. The number of aromatic nitrogens is 2. The molecule has 1 saturated carbocycles. The van der Waals surface area contributed by atoms with Gasteiger partial charge in [-0.3, -0.25) is 9.78 Å². The molecular formula is C27H30Cl2N4O4. The number of hydrogen-bond donors (Lipinski definition) is 3. The van der Waals surface area contributed by atoms with E-state index in [1.807, 2.05) is 26.8 Å². The maximum Gasteiger partial charge on any atom is 0.407 e. The van der Waals surface area contributed by atoms with Crippen LogP contribution in [0.1, 0.15) is 63.7 Å². The topological polar surface area (TPSA) is 113 Å². The van der Waals surface area contributed by atoms with Crippen LogP contribution in [-0.4, -0.2) is 44.6 Å². The van der Waals surface area contributed by atoms with Gasteiger partial charge in [0, 0.05) is 23.8 Å². The van der Waals surface area contributed by atoms with Gasteiger partial charge in [0.2, 0.25) is 0 Å². The number of nitrogens with zero attached hydrogens (tertiary/aromatic N) is 2. The quantitative estimate of drug-likeness (QED) is 0.304. The first-order chi connectivity index (χ1) is 17.4. The number of carbonyl (C=O) groups excluding carboxylic acids is 2. The molecule has 0 bridgehead atoms. The number of Topliss-reactive ketones (excluding diaryl/α,β-unsaturated/α-hetero) is 1. The number of phenolic OH excluding ortho intramolecular Hbond substituents is 1. The lowest BCUT2D eigenvalue weighted by Crippen LogP contribution is -2.42. The molecule has 1 fully saturated rings. The highest BCUT2D eigenvalue weighted by Gasteiger charge is 2.26. The number of phenols is 1. The Labute approximate surface area is 225 Å². The number of ketones is 1. The molecule has 0 atom stereocenters. The molecule has 0 saturated heterocycles. The zero-order valence-corrected chi connectivity index (χ0v) is 22.7. The van der Waals surface area contributed by atoms with Gasteiger partial charge < -0.3 is 20.5 Å². The van der Waals surface area contributed by atoms with Crippen molar-refractivity contribution < 1.29 is 19.4 Å². The van der Waals surface area contributed by atoms with Gasteiger partial charge in [0.05, 0.1) is 32.5 Å². The van der Waals surface area contributed by atoms with E-state index in [1.165, 1.54) is 6.92 Å². The molecule has 1 aromatic carbocycles. The Bertz CT molecular complexity index is 1330. The van der Waals surface area contributed by atoms with Crippen molar-refractivity contribution in [3.63, 3.8) is 0 Å². The van der Waals surface area contributed by atoms with Crippen molar-refractivity contribution in [2.75, 3.05) is 5.32 Å². The van der Waals surface area contributed by atoms with Gasteiger partial charge in [-0.15, -0.1) is 0 Å². The van der Waals surface area contributed by atoms with E-state index in [2.05, 4.69) is 15.6 Å². The van der Waals surface area contributed by atoms with Crippen LogP contribution in [0.25, 0.3) is 22.3 Å². The summed E-state index contributed by atoms with van der Waals surface area (Å²) >= 11 is 12.2. The number of halogens is 2. The molecule has 2 heterocycles. The van der Waals surface area contributed by atoms with Crippen LogP contribution in [0, 0.1) is 0 Å². The van der Waals surface area contributed by atoms with Crippen LogP contribution in [0.2, 0.25) is 10.0 Å². The number of pyridine rings is 2. The Balaban J connectivity index is 1.59. The third kappa shape index (κ3) is 6.43. The van der Waals surface area contributed by atoms with Crippen LogP contribution < -0.4 is 10.6 Å². The first-order valence-corrected chi connectivity index (χ1v) is 12.9. The molecule has 2 aromatic heterocycles. The molecular weight excluding hydrogens is 515 g/mol. The summed E-state index contributed by atoms with van der Waals surface area (Å²) in [7, 11) is 0. The first-order valence-electron chi connectivity index (χ1n) is 12.2. The van der Waals surface area contributed by atoms with Crippen molar-refractivity contribution in [1.29, 1.82) is 0 Å². The average Bonchev–Trinajstić information content (AvgIpc) is 2.82. The fourth-order valence-electron chi connectivity index (χ4n) is 4.41. The van der Waals surface area contributed by atoms with Crippen molar-refractivity contribution in [1.82, 2.24) is 15.3 Å². The van der Waals surface area contributed by atoms with Gasteiger partial charge in [-0.2, -0.15) is 0 Å². The molecule has 8 nitrogen and oxygen atoms in total. The van der Waals surface area contributed by atoms with E-state index in [9.17, 15) is 14.7 Å². The number of carbonyl (C=O) groups is 2. The van der Waals surface area contributed by atoms with E-state index < -0.39 is 11.7 Å². The van der Waals surface area contributed by atoms with Gasteiger partial charge >= 0.3 is 6.09 Å². The lowest BCUT2D eigenvalue weighted by Gasteiger charge is -2.31. The molecule has 3 N–H and O–H groups in total. The monoisotopic (exact) mass is 544 g/mol. The number of aromatic hydroxyl groups is 1. The van der Waals surface area contributed by atoms with Crippen molar-refractivity contribution in [2.45, 2.75) is 71.1 Å². The van der Waals surface area contributed by atoms with Crippen LogP contribution in [0.3, 0.4) is 0 Å². The van der Waals surface area contributed by atoms with Crippen molar-refractivity contribution in [2.24, 2.45) is 0 Å². The molecule has 0 spiro atoms. The van der Waals surface area contributed by atoms with Crippen LogP contribution in [0.15, 0.2) is 30.5 Å². The molecule has 0 aliphatic heterocycles. The third-order valence-corrected chi connectivity index (χ3v) is 6.78. The second-order valence-corrected chi connectivity index (χ2v) is 11.1. The zero-order valence-electron chi connectivity index (χ0n) is 21.2. The van der Waals surface area contributed by atoms with Crippen molar-refractivity contribution in [3.05, 3.63) is 46.1 Å². The number of nitrogens with one attached hydrogen (secondary N) is 2. The molecule has 3 aromatic rings.